The van der Waals surface area contributed by atoms with Crippen LogP contribution in [0.1, 0.15) is 28.9 Å². The Labute approximate surface area is 130 Å². The molecule has 2 rings (SSSR count). The average Bonchev–Trinajstić information content (AvgIpc) is 2.41. The summed E-state index contributed by atoms with van der Waals surface area (Å²) in [6, 6.07) is 11.6. The third kappa shape index (κ3) is 3.52. The molecule has 0 radical (unpaired) electrons. The maximum absolute atomic E-state index is 12.1. The first-order valence-corrected chi connectivity index (χ1v) is 7.19. The predicted molar refractivity (Wildman–Crippen MR) is 83.1 cm³/mol. The van der Waals surface area contributed by atoms with Crippen molar-refractivity contribution in [2.24, 2.45) is 0 Å². The second kappa shape index (κ2) is 6.29. The van der Waals surface area contributed by atoms with Gasteiger partial charge in [-0.05, 0) is 58.7 Å². The molecule has 0 heterocycles. The van der Waals surface area contributed by atoms with Gasteiger partial charge in [0.1, 0.15) is 5.75 Å². The van der Waals surface area contributed by atoms with E-state index in [1.54, 1.807) is 36.4 Å². The minimum atomic E-state index is -0.205. The van der Waals surface area contributed by atoms with Gasteiger partial charge < -0.3 is 10.4 Å². The Morgan fingerprint density at radius 2 is 2.05 bits per heavy atom. The van der Waals surface area contributed by atoms with Crippen molar-refractivity contribution in [2.75, 3.05) is 0 Å². The van der Waals surface area contributed by atoms with Gasteiger partial charge in [-0.3, -0.25) is 4.79 Å². The second-order valence-corrected chi connectivity index (χ2v) is 5.68. The summed E-state index contributed by atoms with van der Waals surface area (Å²) >= 11 is 9.19. The van der Waals surface area contributed by atoms with E-state index >= 15 is 0 Å². The Morgan fingerprint density at radius 3 is 2.70 bits per heavy atom. The fourth-order valence-electron chi connectivity index (χ4n) is 1.79. The number of carbonyl (C=O) groups is 1. The van der Waals surface area contributed by atoms with E-state index in [2.05, 4.69) is 21.2 Å². The van der Waals surface area contributed by atoms with Gasteiger partial charge >= 0.3 is 0 Å². The van der Waals surface area contributed by atoms with Gasteiger partial charge in [0.05, 0.1) is 11.1 Å². The molecule has 1 amide bonds. The van der Waals surface area contributed by atoms with Crippen molar-refractivity contribution in [2.45, 2.75) is 13.0 Å². The van der Waals surface area contributed by atoms with Crippen molar-refractivity contribution < 1.29 is 9.90 Å². The van der Waals surface area contributed by atoms with E-state index in [1.165, 1.54) is 0 Å². The zero-order valence-corrected chi connectivity index (χ0v) is 13.1. The first-order valence-electron chi connectivity index (χ1n) is 6.02. The SMILES string of the molecule is CC(NC(=O)c1ccc(Cl)c(Br)c1)c1cccc(O)c1. The van der Waals surface area contributed by atoms with Crippen molar-refractivity contribution in [3.05, 3.63) is 63.1 Å². The number of nitrogens with one attached hydrogen (secondary N) is 1. The van der Waals surface area contributed by atoms with Crippen LogP contribution >= 0.6 is 27.5 Å². The molecule has 0 fully saturated rings. The molecule has 5 heteroatoms. The van der Waals surface area contributed by atoms with E-state index in [4.69, 9.17) is 11.6 Å². The van der Waals surface area contributed by atoms with Crippen molar-refractivity contribution in [1.29, 1.82) is 0 Å². The van der Waals surface area contributed by atoms with E-state index in [1.807, 2.05) is 13.0 Å². The minimum Gasteiger partial charge on any atom is -0.508 e. The van der Waals surface area contributed by atoms with Crippen LogP contribution in [-0.4, -0.2) is 11.0 Å². The summed E-state index contributed by atoms with van der Waals surface area (Å²) in [7, 11) is 0. The van der Waals surface area contributed by atoms with Crippen LogP contribution in [0.25, 0.3) is 0 Å². The molecule has 0 aliphatic heterocycles. The highest BCUT2D eigenvalue weighted by atomic mass is 79.9. The molecule has 0 aromatic heterocycles. The molecule has 0 spiro atoms. The lowest BCUT2D eigenvalue weighted by atomic mass is 10.1. The fourth-order valence-corrected chi connectivity index (χ4v) is 2.29. The van der Waals surface area contributed by atoms with Gasteiger partial charge in [0, 0.05) is 10.0 Å². The summed E-state index contributed by atoms with van der Waals surface area (Å²) in [6.45, 7) is 1.86. The molecule has 2 aromatic rings. The van der Waals surface area contributed by atoms with Gasteiger partial charge in [-0.1, -0.05) is 23.7 Å². The number of aromatic hydroxyl groups is 1. The highest BCUT2D eigenvalue weighted by Gasteiger charge is 2.12. The van der Waals surface area contributed by atoms with Crippen LogP contribution in [0, 0.1) is 0 Å². The predicted octanol–water partition coefficient (Wildman–Crippen LogP) is 4.30. The summed E-state index contributed by atoms with van der Waals surface area (Å²) in [6.07, 6.45) is 0. The van der Waals surface area contributed by atoms with Gasteiger partial charge in [0.15, 0.2) is 0 Å². The first-order chi connectivity index (χ1) is 9.47. The molecule has 20 heavy (non-hydrogen) atoms. The zero-order chi connectivity index (χ0) is 14.7. The lowest BCUT2D eigenvalue weighted by molar-refractivity contribution is 0.0939. The molecule has 3 nitrogen and oxygen atoms in total. The second-order valence-electron chi connectivity index (χ2n) is 4.42. The normalized spacial score (nSPS) is 11.9. The molecule has 0 saturated carbocycles. The molecular formula is C15H13BrClNO2. The molecule has 0 aliphatic rings. The number of rotatable bonds is 3. The molecule has 2 N–H and O–H groups in total. The number of benzene rings is 2. The summed E-state index contributed by atoms with van der Waals surface area (Å²) in [5, 5.41) is 12.9. The third-order valence-corrected chi connectivity index (χ3v) is 4.11. The van der Waals surface area contributed by atoms with Crippen LogP contribution in [0.15, 0.2) is 46.9 Å². The summed E-state index contributed by atoms with van der Waals surface area (Å²) < 4.78 is 0.678. The smallest absolute Gasteiger partial charge is 0.251 e. The van der Waals surface area contributed by atoms with Gasteiger partial charge in [0.2, 0.25) is 0 Å². The van der Waals surface area contributed by atoms with Crippen molar-refractivity contribution in [1.82, 2.24) is 5.32 Å². The van der Waals surface area contributed by atoms with E-state index in [0.717, 1.165) is 5.56 Å². The van der Waals surface area contributed by atoms with Crippen LogP contribution in [-0.2, 0) is 0 Å². The van der Waals surface area contributed by atoms with E-state index < -0.39 is 0 Å². The highest BCUT2D eigenvalue weighted by Crippen LogP contribution is 2.24. The van der Waals surface area contributed by atoms with Gasteiger partial charge in [-0.25, -0.2) is 0 Å². The molecular weight excluding hydrogens is 342 g/mol. The Balaban J connectivity index is 2.13. The fraction of sp³-hybridized carbons (Fsp3) is 0.133. The number of hydrogen-bond acceptors (Lipinski definition) is 2. The number of phenolic OH excluding ortho intramolecular Hbond substituents is 1. The minimum absolute atomic E-state index is 0.179. The van der Waals surface area contributed by atoms with Crippen molar-refractivity contribution >= 4 is 33.4 Å². The molecule has 0 bridgehead atoms. The van der Waals surface area contributed by atoms with Crippen LogP contribution in [0.2, 0.25) is 5.02 Å². The standard InChI is InChI=1S/C15H13BrClNO2/c1-9(10-3-2-4-12(19)7-10)18-15(20)11-5-6-14(17)13(16)8-11/h2-9,19H,1H3,(H,18,20). The Bertz CT molecular complexity index is 646. The van der Waals surface area contributed by atoms with Gasteiger partial charge in [0.25, 0.3) is 5.91 Å². The maximum atomic E-state index is 12.1. The van der Waals surface area contributed by atoms with E-state index in [0.29, 0.717) is 15.1 Å². The maximum Gasteiger partial charge on any atom is 0.251 e. The molecule has 1 atom stereocenters. The largest absolute Gasteiger partial charge is 0.508 e. The highest BCUT2D eigenvalue weighted by molar-refractivity contribution is 9.10. The topological polar surface area (TPSA) is 49.3 Å². The van der Waals surface area contributed by atoms with Gasteiger partial charge in [-0.15, -0.1) is 0 Å². The average molecular weight is 355 g/mol. The molecule has 0 aliphatic carbocycles. The molecule has 1 unspecified atom stereocenters. The van der Waals surface area contributed by atoms with Gasteiger partial charge in [-0.2, -0.15) is 0 Å². The number of phenols is 1. The summed E-state index contributed by atoms with van der Waals surface area (Å²) in [5.41, 5.74) is 1.36. The Kier molecular flexibility index (Phi) is 4.68. The number of halogens is 2. The lowest BCUT2D eigenvalue weighted by Crippen LogP contribution is -2.26. The van der Waals surface area contributed by atoms with Crippen LogP contribution in [0.3, 0.4) is 0 Å². The summed E-state index contributed by atoms with van der Waals surface area (Å²) in [5.74, 6) is -0.0176. The lowest BCUT2D eigenvalue weighted by Gasteiger charge is -2.15. The van der Waals surface area contributed by atoms with Crippen molar-refractivity contribution in [3.63, 3.8) is 0 Å². The summed E-state index contributed by atoms with van der Waals surface area (Å²) in [4.78, 5) is 12.1. The number of carbonyl (C=O) groups excluding carboxylic acids is 1. The number of hydrogen-bond donors (Lipinski definition) is 2. The van der Waals surface area contributed by atoms with Crippen molar-refractivity contribution in [3.8, 4) is 5.75 Å². The van der Waals surface area contributed by atoms with E-state index in [9.17, 15) is 9.90 Å². The van der Waals surface area contributed by atoms with Crippen LogP contribution in [0.5, 0.6) is 5.75 Å². The zero-order valence-electron chi connectivity index (χ0n) is 10.7. The first kappa shape index (κ1) is 14.9. The van der Waals surface area contributed by atoms with Crippen LogP contribution < -0.4 is 5.32 Å². The monoisotopic (exact) mass is 353 g/mol. The molecule has 0 saturated heterocycles. The molecule has 2 aromatic carbocycles. The Morgan fingerprint density at radius 1 is 1.30 bits per heavy atom. The van der Waals surface area contributed by atoms with E-state index in [-0.39, 0.29) is 17.7 Å². The Hall–Kier alpha value is -1.52. The third-order valence-electron chi connectivity index (χ3n) is 2.90. The van der Waals surface area contributed by atoms with Crippen LogP contribution in [0.4, 0.5) is 0 Å². The quantitative estimate of drug-likeness (QED) is 0.863. The number of amides is 1. The molecule has 104 valence electrons.